The first-order valence-electron chi connectivity index (χ1n) is 6.45. The molecule has 0 aromatic heterocycles. The number of rotatable bonds is 2. The molecule has 3 rings (SSSR count). The van der Waals surface area contributed by atoms with Crippen LogP contribution in [-0.4, -0.2) is 37.5 Å². The van der Waals surface area contributed by atoms with Crippen LogP contribution in [0.4, 0.5) is 0 Å². The maximum atomic E-state index is 12.6. The highest BCUT2D eigenvalue weighted by Gasteiger charge is 2.46. The summed E-state index contributed by atoms with van der Waals surface area (Å²) < 4.78 is 56.9. The molecule has 0 saturated heterocycles. The predicted octanol–water partition coefficient (Wildman–Crippen LogP) is 0.918. The van der Waals surface area contributed by atoms with Crippen LogP contribution in [0.3, 0.4) is 0 Å². The molecule has 2 aromatic carbocycles. The highest BCUT2D eigenvalue weighted by atomic mass is 32.2. The number of amides is 2. The van der Waals surface area contributed by atoms with Gasteiger partial charge in [-0.1, -0.05) is 24.3 Å². The number of hydrogen-bond acceptors (Lipinski definition) is 6. The first-order chi connectivity index (χ1) is 11.2. The van der Waals surface area contributed by atoms with Crippen molar-refractivity contribution >= 4 is 32.0 Å². The average molecular weight is 367 g/mol. The lowest BCUT2D eigenvalue weighted by atomic mass is 10.2. The number of sulfonamides is 1. The van der Waals surface area contributed by atoms with Gasteiger partial charge in [-0.15, -0.1) is 0 Å². The number of carbonyl (C=O) groups excluding carboxylic acids is 2. The first kappa shape index (κ1) is 16.3. The fourth-order valence-electron chi connectivity index (χ4n) is 2.36. The van der Waals surface area contributed by atoms with E-state index in [-0.39, 0.29) is 14.8 Å². The first-order valence-corrected chi connectivity index (χ1v) is 9.33. The van der Waals surface area contributed by atoms with E-state index in [1.54, 1.807) is 0 Å². The Morgan fingerprint density at radius 2 is 1.58 bits per heavy atom. The Labute approximate surface area is 137 Å². The average Bonchev–Trinajstić information content (AvgIpc) is 2.73. The van der Waals surface area contributed by atoms with E-state index < -0.39 is 42.4 Å². The van der Waals surface area contributed by atoms with E-state index in [2.05, 4.69) is 0 Å². The van der Waals surface area contributed by atoms with Crippen LogP contribution in [0.2, 0.25) is 0 Å². The molecular formula is C14H9NO7S2. The molecule has 10 heteroatoms. The van der Waals surface area contributed by atoms with E-state index >= 15 is 0 Å². The molecule has 1 heterocycles. The Hall–Kier alpha value is -2.56. The van der Waals surface area contributed by atoms with Crippen molar-refractivity contribution in [1.29, 1.82) is 0 Å². The van der Waals surface area contributed by atoms with Crippen LogP contribution in [0.15, 0.2) is 58.3 Å². The molecular weight excluding hydrogens is 358 g/mol. The lowest BCUT2D eigenvalue weighted by Gasteiger charge is -2.14. The molecule has 0 unspecified atom stereocenters. The normalized spacial score (nSPS) is 16.0. The lowest BCUT2D eigenvalue weighted by Crippen LogP contribution is -2.37. The van der Waals surface area contributed by atoms with Gasteiger partial charge in [-0.05, 0) is 24.3 Å². The highest BCUT2D eigenvalue weighted by Crippen LogP contribution is 2.32. The summed E-state index contributed by atoms with van der Waals surface area (Å²) in [6.45, 7) is 0. The fourth-order valence-corrected chi connectivity index (χ4v) is 4.56. The van der Waals surface area contributed by atoms with Gasteiger partial charge in [0.2, 0.25) is 0 Å². The molecule has 0 saturated carbocycles. The highest BCUT2D eigenvalue weighted by molar-refractivity contribution is 7.91. The van der Waals surface area contributed by atoms with E-state index in [0.717, 1.165) is 12.1 Å². The number of imide groups is 1. The lowest BCUT2D eigenvalue weighted by molar-refractivity contribution is 0.0737. The smallest absolute Gasteiger partial charge is 0.282 e. The molecule has 124 valence electrons. The molecule has 0 bridgehead atoms. The van der Waals surface area contributed by atoms with Gasteiger partial charge in [-0.3, -0.25) is 14.1 Å². The van der Waals surface area contributed by atoms with Crippen molar-refractivity contribution in [3.05, 3.63) is 59.7 Å². The minimum atomic E-state index is -4.78. The Kier molecular flexibility index (Phi) is 3.55. The number of benzene rings is 2. The summed E-state index contributed by atoms with van der Waals surface area (Å²) in [6, 6.07) is 9.72. The zero-order valence-electron chi connectivity index (χ0n) is 11.8. The molecule has 2 amide bonds. The number of fused-ring (bicyclic) bond motifs is 1. The molecule has 8 nitrogen and oxygen atoms in total. The molecule has 0 radical (unpaired) electrons. The van der Waals surface area contributed by atoms with Gasteiger partial charge < -0.3 is 0 Å². The summed E-state index contributed by atoms with van der Waals surface area (Å²) in [6.07, 6.45) is 0. The third kappa shape index (κ3) is 2.31. The summed E-state index contributed by atoms with van der Waals surface area (Å²) in [4.78, 5) is 23.7. The number of hydrogen-bond donors (Lipinski definition) is 1. The van der Waals surface area contributed by atoms with Crippen molar-refractivity contribution in [2.75, 3.05) is 0 Å². The summed E-state index contributed by atoms with van der Waals surface area (Å²) in [7, 11) is -9.23. The molecule has 0 aliphatic carbocycles. The predicted molar refractivity (Wildman–Crippen MR) is 80.4 cm³/mol. The van der Waals surface area contributed by atoms with Crippen molar-refractivity contribution in [3.63, 3.8) is 0 Å². The van der Waals surface area contributed by atoms with Crippen LogP contribution in [-0.2, 0) is 20.1 Å². The standard InChI is InChI=1S/C14H9NO7S2/c16-13-9-5-1-3-7-11(9)23(18,19)15(13)14(17)10-6-2-4-8-12(10)24(20,21)22/h1-8H,(H,20,21,22). The summed E-state index contributed by atoms with van der Waals surface area (Å²) in [5.41, 5.74) is -0.806. The SMILES string of the molecule is O=C(c1ccccc1S(=O)(=O)O)N1C(=O)c2ccccc2S1(=O)=O. The second-order valence-electron chi connectivity index (χ2n) is 4.85. The van der Waals surface area contributed by atoms with Crippen molar-refractivity contribution in [1.82, 2.24) is 4.31 Å². The van der Waals surface area contributed by atoms with Crippen molar-refractivity contribution in [3.8, 4) is 0 Å². The monoisotopic (exact) mass is 367 g/mol. The van der Waals surface area contributed by atoms with Gasteiger partial charge in [0.25, 0.3) is 32.0 Å². The van der Waals surface area contributed by atoms with Crippen LogP contribution >= 0.6 is 0 Å². The van der Waals surface area contributed by atoms with Gasteiger partial charge in [0, 0.05) is 0 Å². The minimum Gasteiger partial charge on any atom is -0.282 e. The van der Waals surface area contributed by atoms with E-state index in [1.165, 1.54) is 36.4 Å². The second kappa shape index (κ2) is 5.23. The van der Waals surface area contributed by atoms with Crippen molar-refractivity contribution in [2.45, 2.75) is 9.79 Å². The molecule has 1 N–H and O–H groups in total. The van der Waals surface area contributed by atoms with Crippen LogP contribution in [0.1, 0.15) is 20.7 Å². The van der Waals surface area contributed by atoms with Crippen LogP contribution in [0, 0.1) is 0 Å². The van der Waals surface area contributed by atoms with Crippen molar-refractivity contribution in [2.24, 2.45) is 0 Å². The van der Waals surface area contributed by atoms with Gasteiger partial charge in [0.15, 0.2) is 0 Å². The van der Waals surface area contributed by atoms with Gasteiger partial charge in [0.1, 0.15) is 9.79 Å². The van der Waals surface area contributed by atoms with E-state index in [0.29, 0.717) is 0 Å². The molecule has 2 aromatic rings. The Bertz CT molecular complexity index is 1090. The molecule has 1 aliphatic rings. The van der Waals surface area contributed by atoms with Gasteiger partial charge in [0.05, 0.1) is 11.1 Å². The van der Waals surface area contributed by atoms with Crippen LogP contribution in [0.25, 0.3) is 0 Å². The maximum Gasteiger partial charge on any atom is 0.295 e. The summed E-state index contributed by atoms with van der Waals surface area (Å²) in [5, 5.41) is 0. The largest absolute Gasteiger partial charge is 0.295 e. The van der Waals surface area contributed by atoms with Crippen LogP contribution < -0.4 is 0 Å². The number of nitrogens with zero attached hydrogens (tertiary/aromatic N) is 1. The second-order valence-corrected chi connectivity index (χ2v) is 7.99. The van der Waals surface area contributed by atoms with Gasteiger partial charge >= 0.3 is 0 Å². The van der Waals surface area contributed by atoms with E-state index in [4.69, 9.17) is 0 Å². The van der Waals surface area contributed by atoms with Crippen LogP contribution in [0.5, 0.6) is 0 Å². The van der Waals surface area contributed by atoms with E-state index in [1.807, 2.05) is 0 Å². The third-order valence-corrected chi connectivity index (χ3v) is 6.04. The van der Waals surface area contributed by atoms with Gasteiger partial charge in [-0.25, -0.2) is 8.42 Å². The summed E-state index contributed by atoms with van der Waals surface area (Å²) in [5.74, 6) is -2.44. The third-order valence-electron chi connectivity index (χ3n) is 3.40. The summed E-state index contributed by atoms with van der Waals surface area (Å²) >= 11 is 0. The molecule has 1 aliphatic heterocycles. The molecule has 0 spiro atoms. The topological polar surface area (TPSA) is 126 Å². The van der Waals surface area contributed by atoms with Crippen molar-refractivity contribution < 1.29 is 31.0 Å². The zero-order chi connectivity index (χ0) is 17.7. The molecule has 0 fully saturated rings. The Morgan fingerprint density at radius 3 is 2.21 bits per heavy atom. The fraction of sp³-hybridized carbons (Fsp3) is 0. The Balaban J connectivity index is 2.20. The molecule has 0 atom stereocenters. The minimum absolute atomic E-state index is 0.00167. The molecule has 24 heavy (non-hydrogen) atoms. The van der Waals surface area contributed by atoms with Gasteiger partial charge in [-0.2, -0.15) is 12.7 Å². The number of carbonyl (C=O) groups is 2. The van der Waals surface area contributed by atoms with E-state index in [9.17, 15) is 31.0 Å². The Morgan fingerprint density at radius 1 is 1.00 bits per heavy atom. The quantitative estimate of drug-likeness (QED) is 0.618. The zero-order valence-corrected chi connectivity index (χ0v) is 13.4. The maximum absolute atomic E-state index is 12.6.